The summed E-state index contributed by atoms with van der Waals surface area (Å²) in [7, 11) is 0. The molecule has 2 aliphatic rings. The third-order valence-corrected chi connectivity index (χ3v) is 4.54. The molecular weight excluding hydrogens is 314 g/mol. The highest BCUT2D eigenvalue weighted by Crippen LogP contribution is 2.43. The maximum absolute atomic E-state index is 12.3. The van der Waals surface area contributed by atoms with Crippen LogP contribution in [0, 0.1) is 0 Å². The molecule has 2 atom stereocenters. The molecule has 6 heteroatoms. The van der Waals surface area contributed by atoms with E-state index in [1.54, 1.807) is 4.90 Å². The molecule has 2 heterocycles. The highest BCUT2D eigenvalue weighted by atomic mass is 79.9. The van der Waals surface area contributed by atoms with Gasteiger partial charge in [-0.1, -0.05) is 46.3 Å². The molecule has 0 aromatic heterocycles. The number of carbonyl (C=O) groups is 1. The van der Waals surface area contributed by atoms with Gasteiger partial charge in [0.25, 0.3) is 11.7 Å². The second-order valence-corrected chi connectivity index (χ2v) is 6.38. The fraction of sp³-hybridized carbons (Fsp3) is 0.462. The number of hydrogen-bond acceptors (Lipinski definition) is 4. The van der Waals surface area contributed by atoms with Crippen molar-refractivity contribution in [2.24, 2.45) is 0 Å². The Kier molecular flexibility index (Phi) is 3.13. The molecule has 0 unspecified atom stereocenters. The number of likely N-dealkylation sites (tertiary alicyclic amines) is 1. The average molecular weight is 328 g/mol. The molecule has 0 spiro atoms. The number of ether oxygens (including phenoxy) is 2. The van der Waals surface area contributed by atoms with Gasteiger partial charge in [0.2, 0.25) is 0 Å². The summed E-state index contributed by atoms with van der Waals surface area (Å²) >= 11 is 3.41. The molecule has 1 N–H and O–H groups in total. The zero-order valence-electron chi connectivity index (χ0n) is 10.2. The number of aliphatic hydroxyl groups is 1. The highest BCUT2D eigenvalue weighted by molar-refractivity contribution is 9.10. The normalized spacial score (nSPS) is 34.4. The van der Waals surface area contributed by atoms with E-state index >= 15 is 0 Å². The third-order valence-electron chi connectivity index (χ3n) is 3.52. The second kappa shape index (κ2) is 4.56. The van der Waals surface area contributed by atoms with Gasteiger partial charge in [-0.3, -0.25) is 4.79 Å². The van der Waals surface area contributed by atoms with Gasteiger partial charge in [-0.2, -0.15) is 0 Å². The van der Waals surface area contributed by atoms with Crippen molar-refractivity contribution < 1.29 is 19.4 Å². The minimum atomic E-state index is -1.83. The maximum Gasteiger partial charge on any atom is 0.284 e. The van der Waals surface area contributed by atoms with E-state index < -0.39 is 16.0 Å². The number of nitrogens with zero attached hydrogens (tertiary/aromatic N) is 1. The minimum Gasteiger partial charge on any atom is -0.357 e. The number of alkyl halides is 1. The van der Waals surface area contributed by atoms with Crippen molar-refractivity contribution in [1.29, 1.82) is 0 Å². The van der Waals surface area contributed by atoms with Gasteiger partial charge in [-0.05, 0) is 5.56 Å². The van der Waals surface area contributed by atoms with E-state index in [1.165, 1.54) is 0 Å². The summed E-state index contributed by atoms with van der Waals surface area (Å²) in [4.78, 5) is 13.9. The molecule has 3 rings (SSSR count). The monoisotopic (exact) mass is 327 g/mol. The Morgan fingerprint density at radius 3 is 2.79 bits per heavy atom. The van der Waals surface area contributed by atoms with Crippen LogP contribution in [0.2, 0.25) is 0 Å². The fourth-order valence-electron chi connectivity index (χ4n) is 2.48. The Labute approximate surface area is 119 Å². The first-order valence-corrected chi connectivity index (χ1v) is 6.81. The van der Waals surface area contributed by atoms with Crippen molar-refractivity contribution in [3.8, 4) is 0 Å². The van der Waals surface area contributed by atoms with Crippen LogP contribution >= 0.6 is 15.9 Å². The number of carbonyl (C=O) groups excluding carboxylic acids is 1. The average Bonchev–Trinajstić information content (AvgIpc) is 2.60. The largest absolute Gasteiger partial charge is 0.357 e. The first-order valence-electron chi connectivity index (χ1n) is 6.01. The molecule has 2 saturated heterocycles. The summed E-state index contributed by atoms with van der Waals surface area (Å²) in [5, 5.41) is 10.4. The number of benzene rings is 1. The van der Waals surface area contributed by atoms with Gasteiger partial charge in [-0.25, -0.2) is 0 Å². The van der Waals surface area contributed by atoms with E-state index in [0.717, 1.165) is 5.56 Å². The number of halogens is 1. The molecular formula is C13H14BrNO4. The lowest BCUT2D eigenvalue weighted by Crippen LogP contribution is -2.59. The summed E-state index contributed by atoms with van der Waals surface area (Å²) in [6, 6.07) is 9.64. The predicted molar refractivity (Wildman–Crippen MR) is 70.4 cm³/mol. The zero-order valence-corrected chi connectivity index (χ0v) is 11.8. The molecule has 2 aliphatic heterocycles. The molecule has 5 nitrogen and oxygen atoms in total. The minimum absolute atomic E-state index is 0.0746. The smallest absolute Gasteiger partial charge is 0.284 e. The fourth-order valence-corrected chi connectivity index (χ4v) is 3.23. The molecule has 0 radical (unpaired) electrons. The molecule has 19 heavy (non-hydrogen) atoms. The maximum atomic E-state index is 12.3. The topological polar surface area (TPSA) is 59.0 Å². The van der Waals surface area contributed by atoms with Crippen molar-refractivity contribution in [1.82, 2.24) is 4.90 Å². The Bertz CT molecular complexity index is 497. The van der Waals surface area contributed by atoms with Crippen LogP contribution in [0.4, 0.5) is 0 Å². The number of fused-ring (bicyclic) bond motifs is 1. The summed E-state index contributed by atoms with van der Waals surface area (Å²) in [5.74, 6) is -2.25. The SMILES string of the molecule is O=C1N(Cc2ccccc2)C[C@]2(Br)COCO[C@@]12O. The third kappa shape index (κ3) is 1.99. The summed E-state index contributed by atoms with van der Waals surface area (Å²) in [6.45, 7) is 0.950. The van der Waals surface area contributed by atoms with E-state index in [-0.39, 0.29) is 13.4 Å². The molecule has 102 valence electrons. The molecule has 2 fully saturated rings. The van der Waals surface area contributed by atoms with Crippen molar-refractivity contribution in [3.05, 3.63) is 35.9 Å². The van der Waals surface area contributed by atoms with Gasteiger partial charge in [0, 0.05) is 13.1 Å². The highest BCUT2D eigenvalue weighted by Gasteiger charge is 2.65. The van der Waals surface area contributed by atoms with Gasteiger partial charge >= 0.3 is 0 Å². The molecule has 1 amide bonds. The standard InChI is InChI=1S/C13H14BrNO4/c14-12-7-15(6-10-4-2-1-3-5-10)11(16)13(12,17)19-9-18-8-12/h1-5,17H,6-9H2/t12-,13-/m0/s1. The first kappa shape index (κ1) is 13.1. The lowest BCUT2D eigenvalue weighted by atomic mass is 10.0. The van der Waals surface area contributed by atoms with E-state index in [2.05, 4.69) is 15.9 Å². The van der Waals surface area contributed by atoms with Crippen LogP contribution in [0.25, 0.3) is 0 Å². The molecule has 0 aliphatic carbocycles. The zero-order chi connectivity index (χ0) is 13.5. The van der Waals surface area contributed by atoms with Crippen molar-refractivity contribution in [3.63, 3.8) is 0 Å². The molecule has 1 aromatic rings. The Balaban J connectivity index is 1.84. The van der Waals surface area contributed by atoms with Crippen LogP contribution in [0.15, 0.2) is 30.3 Å². The summed E-state index contributed by atoms with van der Waals surface area (Å²) in [5.41, 5.74) is 1.01. The van der Waals surface area contributed by atoms with Crippen LogP contribution in [0.1, 0.15) is 5.56 Å². The second-order valence-electron chi connectivity index (χ2n) is 4.87. The lowest BCUT2D eigenvalue weighted by molar-refractivity contribution is -0.278. The van der Waals surface area contributed by atoms with Crippen molar-refractivity contribution in [2.75, 3.05) is 19.9 Å². The van der Waals surface area contributed by atoms with E-state index in [9.17, 15) is 9.90 Å². The quantitative estimate of drug-likeness (QED) is 0.818. The van der Waals surface area contributed by atoms with E-state index in [4.69, 9.17) is 9.47 Å². The van der Waals surface area contributed by atoms with Crippen LogP contribution in [0.5, 0.6) is 0 Å². The Morgan fingerprint density at radius 2 is 2.11 bits per heavy atom. The van der Waals surface area contributed by atoms with Crippen LogP contribution in [-0.4, -0.2) is 46.0 Å². The lowest BCUT2D eigenvalue weighted by Gasteiger charge is -2.37. The van der Waals surface area contributed by atoms with E-state index in [1.807, 2.05) is 30.3 Å². The molecule has 0 bridgehead atoms. The van der Waals surface area contributed by atoms with Gasteiger partial charge in [0.1, 0.15) is 4.32 Å². The van der Waals surface area contributed by atoms with Crippen molar-refractivity contribution in [2.45, 2.75) is 16.7 Å². The van der Waals surface area contributed by atoms with Crippen LogP contribution in [-0.2, 0) is 20.8 Å². The summed E-state index contributed by atoms with van der Waals surface area (Å²) in [6.07, 6.45) is 0. The van der Waals surface area contributed by atoms with Gasteiger partial charge in [0.05, 0.1) is 6.61 Å². The molecule has 1 aromatic carbocycles. The van der Waals surface area contributed by atoms with Gasteiger partial charge in [-0.15, -0.1) is 0 Å². The van der Waals surface area contributed by atoms with Gasteiger partial charge in [0.15, 0.2) is 6.79 Å². The summed E-state index contributed by atoms with van der Waals surface area (Å²) < 4.78 is 9.46. The first-order chi connectivity index (χ1) is 9.05. The molecule has 0 saturated carbocycles. The Morgan fingerprint density at radius 1 is 1.37 bits per heavy atom. The number of hydrogen-bond donors (Lipinski definition) is 1. The van der Waals surface area contributed by atoms with E-state index in [0.29, 0.717) is 13.1 Å². The predicted octanol–water partition coefficient (Wildman–Crippen LogP) is 0.855. The Hall–Kier alpha value is -0.950. The van der Waals surface area contributed by atoms with Gasteiger partial charge < -0.3 is 19.5 Å². The van der Waals surface area contributed by atoms with Crippen LogP contribution < -0.4 is 0 Å². The number of amides is 1. The van der Waals surface area contributed by atoms with Crippen molar-refractivity contribution >= 4 is 21.8 Å². The van der Waals surface area contributed by atoms with Crippen LogP contribution in [0.3, 0.4) is 0 Å². The number of rotatable bonds is 2.